The molecule has 1 N–H and O–H groups in total. The van der Waals surface area contributed by atoms with Crippen molar-refractivity contribution in [3.05, 3.63) is 51.3 Å². The fraction of sp³-hybridized carbons (Fsp3) is 0.560. The molecule has 0 spiro atoms. The number of aryl methyl sites for hydroxylation is 1. The van der Waals surface area contributed by atoms with E-state index in [0.717, 1.165) is 19.3 Å². The maximum atomic E-state index is 14.5. The Kier molecular flexibility index (Phi) is 8.70. The van der Waals surface area contributed by atoms with E-state index in [1.165, 1.54) is 26.1 Å². The summed E-state index contributed by atoms with van der Waals surface area (Å²) in [6.45, 7) is 13.7. The minimum Gasteiger partial charge on any atom is -0.356 e. The van der Waals surface area contributed by atoms with Gasteiger partial charge in [-0.05, 0) is 55.4 Å². The molecule has 2 heterocycles. The molecule has 1 saturated heterocycles. The Labute approximate surface area is 194 Å². The third-order valence-corrected chi connectivity index (χ3v) is 6.03. The number of hydrogen-bond acceptors (Lipinski definition) is 3. The van der Waals surface area contributed by atoms with Crippen LogP contribution in [0.4, 0.5) is 19.0 Å². The molecule has 180 valence electrons. The molecule has 33 heavy (non-hydrogen) atoms. The van der Waals surface area contributed by atoms with E-state index in [9.17, 15) is 18.0 Å². The number of pyridine rings is 1. The highest BCUT2D eigenvalue weighted by Gasteiger charge is 2.39. The van der Waals surface area contributed by atoms with E-state index in [1.54, 1.807) is 6.08 Å². The lowest BCUT2D eigenvalue weighted by molar-refractivity contribution is -0.0295. The molecule has 5 nitrogen and oxygen atoms in total. The Bertz CT molecular complexity index is 977. The number of halogens is 3. The summed E-state index contributed by atoms with van der Waals surface area (Å²) in [5.41, 5.74) is 0.112. The van der Waals surface area contributed by atoms with E-state index in [1.807, 2.05) is 11.8 Å². The number of carbonyl (C=O) groups is 1. The van der Waals surface area contributed by atoms with Gasteiger partial charge in [0.1, 0.15) is 5.82 Å². The molecule has 0 radical (unpaired) electrons. The fourth-order valence-electron chi connectivity index (χ4n) is 4.27. The minimum absolute atomic E-state index is 0.0244. The smallest absolute Gasteiger partial charge is 0.307 e. The van der Waals surface area contributed by atoms with Gasteiger partial charge in [-0.3, -0.25) is 4.79 Å². The van der Waals surface area contributed by atoms with Crippen molar-refractivity contribution in [2.24, 2.45) is 5.41 Å². The molecule has 0 saturated carbocycles. The molecule has 0 aliphatic carbocycles. The molecule has 1 aliphatic rings. The van der Waals surface area contributed by atoms with Gasteiger partial charge in [0.2, 0.25) is 0 Å². The Morgan fingerprint density at radius 3 is 2.61 bits per heavy atom. The SMILES string of the molecule is C#[N+]/C=C\C(=C/CC)NC(=O)c1c(N2CCCC(C)(C)CC2)nc(C)c(C(F)(F)CF)c1C. The Morgan fingerprint density at radius 2 is 2.00 bits per heavy atom. The summed E-state index contributed by atoms with van der Waals surface area (Å²) in [5, 5.41) is 2.75. The largest absolute Gasteiger partial charge is 0.356 e. The van der Waals surface area contributed by atoms with Crippen molar-refractivity contribution in [1.29, 1.82) is 0 Å². The number of alkyl halides is 3. The summed E-state index contributed by atoms with van der Waals surface area (Å²) >= 11 is 0. The highest BCUT2D eigenvalue weighted by molar-refractivity contribution is 6.02. The van der Waals surface area contributed by atoms with Crippen LogP contribution in [0, 0.1) is 25.8 Å². The molecular weight excluding hydrogens is 429 g/mol. The maximum Gasteiger partial charge on any atom is 0.307 e. The average molecular weight is 464 g/mol. The van der Waals surface area contributed by atoms with Crippen molar-refractivity contribution in [3.63, 3.8) is 0 Å². The molecule has 1 amide bonds. The molecule has 0 unspecified atom stereocenters. The number of rotatable bonds is 7. The van der Waals surface area contributed by atoms with Gasteiger partial charge in [0.05, 0.1) is 5.56 Å². The number of allylic oxidation sites excluding steroid dienone is 2. The molecule has 0 atom stereocenters. The zero-order valence-electron chi connectivity index (χ0n) is 20.1. The van der Waals surface area contributed by atoms with Crippen LogP contribution in [-0.2, 0) is 5.92 Å². The predicted molar refractivity (Wildman–Crippen MR) is 127 cm³/mol. The van der Waals surface area contributed by atoms with Crippen LogP contribution in [0.5, 0.6) is 0 Å². The number of hydrogen-bond donors (Lipinski definition) is 1. The summed E-state index contributed by atoms with van der Waals surface area (Å²) in [6.07, 6.45) is 7.98. The lowest BCUT2D eigenvalue weighted by Gasteiger charge is -2.29. The van der Waals surface area contributed by atoms with Crippen LogP contribution < -0.4 is 10.2 Å². The van der Waals surface area contributed by atoms with Gasteiger partial charge >= 0.3 is 12.1 Å². The monoisotopic (exact) mass is 463 g/mol. The standard InChI is InChI=1S/C25H33F3N4O/c1-7-9-19(10-13-29-6)31-23(33)20-17(2)21(25(27,28)16-26)18(3)30-22(20)32-14-8-11-24(4,5)12-15-32/h6,9-10,13H,7-8,11-12,14-16H2,1-5H3/p+1/b13-10-,19-9+. The average Bonchev–Trinajstić information content (AvgIpc) is 2.91. The second-order valence-electron chi connectivity index (χ2n) is 9.23. The van der Waals surface area contributed by atoms with E-state index in [-0.39, 0.29) is 22.2 Å². The van der Waals surface area contributed by atoms with E-state index in [2.05, 4.69) is 29.0 Å². The second-order valence-corrected chi connectivity index (χ2v) is 9.23. The third kappa shape index (κ3) is 6.37. The van der Waals surface area contributed by atoms with Gasteiger partial charge in [-0.15, -0.1) is 0 Å². The number of amides is 1. The Hall–Kier alpha value is -2.82. The van der Waals surface area contributed by atoms with Crippen molar-refractivity contribution >= 4 is 11.7 Å². The van der Waals surface area contributed by atoms with Crippen LogP contribution in [0.15, 0.2) is 24.0 Å². The normalized spacial score (nSPS) is 17.1. The van der Waals surface area contributed by atoms with Gasteiger partial charge in [-0.2, -0.15) is 8.78 Å². The minimum atomic E-state index is -3.74. The van der Waals surface area contributed by atoms with Crippen LogP contribution in [0.2, 0.25) is 0 Å². The number of aromatic nitrogens is 1. The van der Waals surface area contributed by atoms with Crippen molar-refractivity contribution in [2.75, 3.05) is 24.7 Å². The van der Waals surface area contributed by atoms with E-state index < -0.39 is 24.1 Å². The van der Waals surface area contributed by atoms with Crippen LogP contribution >= 0.6 is 0 Å². The van der Waals surface area contributed by atoms with Crippen molar-refractivity contribution in [1.82, 2.24) is 10.3 Å². The van der Waals surface area contributed by atoms with E-state index in [0.29, 0.717) is 31.0 Å². The summed E-state index contributed by atoms with van der Waals surface area (Å²) in [4.78, 5) is 23.2. The summed E-state index contributed by atoms with van der Waals surface area (Å²) in [6, 6.07) is 0. The zero-order chi connectivity index (χ0) is 24.8. The molecule has 8 heteroatoms. The van der Waals surface area contributed by atoms with Gasteiger partial charge in [0, 0.05) is 36.1 Å². The van der Waals surface area contributed by atoms with Gasteiger partial charge in [-0.1, -0.05) is 26.8 Å². The zero-order valence-corrected chi connectivity index (χ0v) is 20.1. The van der Waals surface area contributed by atoms with Gasteiger partial charge in [0.15, 0.2) is 6.67 Å². The van der Waals surface area contributed by atoms with Crippen LogP contribution in [0.3, 0.4) is 0 Å². The molecule has 0 bridgehead atoms. The van der Waals surface area contributed by atoms with Crippen molar-refractivity contribution in [2.45, 2.75) is 66.2 Å². The molecule has 1 fully saturated rings. The van der Waals surface area contributed by atoms with Crippen molar-refractivity contribution < 1.29 is 18.0 Å². The van der Waals surface area contributed by atoms with Crippen LogP contribution in [0.1, 0.15) is 73.6 Å². The molecule has 0 aromatic carbocycles. The number of nitrogens with one attached hydrogen (secondary N) is 1. The Morgan fingerprint density at radius 1 is 1.30 bits per heavy atom. The third-order valence-electron chi connectivity index (χ3n) is 6.03. The molecular formula is C25H34F3N4O+. The molecule has 1 aliphatic heterocycles. The number of anilines is 1. The topological polar surface area (TPSA) is 49.6 Å². The summed E-state index contributed by atoms with van der Waals surface area (Å²) in [5.74, 6) is -3.98. The molecule has 1 aromatic rings. The van der Waals surface area contributed by atoms with Crippen molar-refractivity contribution in [3.8, 4) is 6.57 Å². The first-order valence-electron chi connectivity index (χ1n) is 11.3. The van der Waals surface area contributed by atoms with Crippen LogP contribution in [0.25, 0.3) is 4.85 Å². The first-order valence-corrected chi connectivity index (χ1v) is 11.3. The lowest BCUT2D eigenvalue weighted by Crippen LogP contribution is -2.33. The second kappa shape index (κ2) is 10.9. The number of nitrogens with zero attached hydrogens (tertiary/aromatic N) is 3. The van der Waals surface area contributed by atoms with Gasteiger partial charge < -0.3 is 10.2 Å². The van der Waals surface area contributed by atoms with Crippen LogP contribution in [-0.4, -0.2) is 30.7 Å². The predicted octanol–water partition coefficient (Wildman–Crippen LogP) is 6.28. The number of carbonyl (C=O) groups excluding carboxylic acids is 1. The summed E-state index contributed by atoms with van der Waals surface area (Å²) in [7, 11) is 0. The molecule has 2 rings (SSSR count). The summed E-state index contributed by atoms with van der Waals surface area (Å²) < 4.78 is 42.3. The van der Waals surface area contributed by atoms with E-state index in [4.69, 9.17) is 6.57 Å². The molecule has 1 aromatic heterocycles. The highest BCUT2D eigenvalue weighted by atomic mass is 19.3. The Balaban J connectivity index is 2.65. The maximum absolute atomic E-state index is 14.5. The quantitative estimate of drug-likeness (QED) is 0.485. The van der Waals surface area contributed by atoms with E-state index >= 15 is 0 Å². The fourth-order valence-corrected chi connectivity index (χ4v) is 4.27. The van der Waals surface area contributed by atoms with Gasteiger partial charge in [0.25, 0.3) is 12.5 Å². The van der Waals surface area contributed by atoms with Gasteiger partial charge in [-0.25, -0.2) is 9.37 Å². The first kappa shape index (κ1) is 26.4. The lowest BCUT2D eigenvalue weighted by atomic mass is 9.85. The highest BCUT2D eigenvalue weighted by Crippen LogP contribution is 2.39. The first-order chi connectivity index (χ1) is 15.5.